The number of piperazine rings is 1. The number of rotatable bonds is 4. The molecular formula is C12H19F3N4O. The smallest absolute Gasteiger partial charge is 0.346 e. The summed E-state index contributed by atoms with van der Waals surface area (Å²) in [5, 5.41) is 10.9. The number of nitriles is 1. The van der Waals surface area contributed by atoms with E-state index in [-0.39, 0.29) is 6.54 Å². The van der Waals surface area contributed by atoms with Crippen molar-refractivity contribution < 1.29 is 18.0 Å². The third-order valence-electron chi connectivity index (χ3n) is 3.29. The maximum Gasteiger partial charge on any atom is 0.405 e. The van der Waals surface area contributed by atoms with E-state index < -0.39 is 24.2 Å². The molecule has 1 aliphatic rings. The van der Waals surface area contributed by atoms with Crippen LogP contribution in [0.15, 0.2) is 0 Å². The Hall–Kier alpha value is -1.33. The van der Waals surface area contributed by atoms with E-state index in [9.17, 15) is 18.0 Å². The summed E-state index contributed by atoms with van der Waals surface area (Å²) < 4.78 is 35.9. The van der Waals surface area contributed by atoms with Gasteiger partial charge in [-0.25, -0.2) is 0 Å². The van der Waals surface area contributed by atoms with Crippen molar-refractivity contribution >= 4 is 5.91 Å². The van der Waals surface area contributed by atoms with Gasteiger partial charge in [0.05, 0.1) is 12.6 Å². The van der Waals surface area contributed by atoms with Crippen molar-refractivity contribution in [3.05, 3.63) is 0 Å². The maximum atomic E-state index is 12.0. The Morgan fingerprint density at radius 3 is 2.25 bits per heavy atom. The summed E-state index contributed by atoms with van der Waals surface area (Å²) in [6, 6.07) is 2.21. The minimum atomic E-state index is -4.38. The van der Waals surface area contributed by atoms with Crippen molar-refractivity contribution in [2.24, 2.45) is 0 Å². The zero-order valence-electron chi connectivity index (χ0n) is 11.6. The number of carbonyl (C=O) groups is 1. The number of hydrogen-bond acceptors (Lipinski definition) is 4. The summed E-state index contributed by atoms with van der Waals surface area (Å²) in [7, 11) is 0. The van der Waals surface area contributed by atoms with Crippen LogP contribution >= 0.6 is 0 Å². The van der Waals surface area contributed by atoms with Crippen LogP contribution in [0.1, 0.15) is 13.8 Å². The van der Waals surface area contributed by atoms with Gasteiger partial charge in [-0.15, -0.1) is 0 Å². The Labute approximate surface area is 116 Å². The van der Waals surface area contributed by atoms with Crippen LogP contribution in [-0.4, -0.2) is 66.7 Å². The molecule has 0 bridgehead atoms. The Morgan fingerprint density at radius 2 is 1.80 bits per heavy atom. The molecule has 1 amide bonds. The summed E-state index contributed by atoms with van der Waals surface area (Å²) in [5.74, 6) is -0.629. The second-order valence-electron chi connectivity index (χ2n) is 5.33. The fourth-order valence-corrected chi connectivity index (χ4v) is 1.99. The average Bonchev–Trinajstić information content (AvgIpc) is 2.36. The monoisotopic (exact) mass is 292 g/mol. The van der Waals surface area contributed by atoms with Gasteiger partial charge in [0.25, 0.3) is 0 Å². The number of amides is 1. The molecule has 0 saturated carbocycles. The normalized spacial score (nSPS) is 18.6. The van der Waals surface area contributed by atoms with Crippen molar-refractivity contribution in [3.8, 4) is 6.07 Å². The van der Waals surface area contributed by atoms with Crippen LogP contribution < -0.4 is 5.32 Å². The lowest BCUT2D eigenvalue weighted by molar-refractivity contribution is -0.139. The van der Waals surface area contributed by atoms with Gasteiger partial charge in [-0.2, -0.15) is 18.4 Å². The number of nitrogens with one attached hydrogen (secondary N) is 1. The molecule has 0 aromatic heterocycles. The minimum Gasteiger partial charge on any atom is -0.346 e. The van der Waals surface area contributed by atoms with Gasteiger partial charge in [0, 0.05) is 26.2 Å². The molecule has 0 radical (unpaired) electrons. The van der Waals surface area contributed by atoms with Crippen LogP contribution in [0.3, 0.4) is 0 Å². The molecule has 20 heavy (non-hydrogen) atoms. The van der Waals surface area contributed by atoms with Gasteiger partial charge in [0.2, 0.25) is 5.91 Å². The topological polar surface area (TPSA) is 59.4 Å². The predicted molar refractivity (Wildman–Crippen MR) is 66.8 cm³/mol. The van der Waals surface area contributed by atoms with Gasteiger partial charge in [-0.3, -0.25) is 14.6 Å². The second kappa shape index (κ2) is 6.41. The van der Waals surface area contributed by atoms with Gasteiger partial charge in [-0.1, -0.05) is 0 Å². The summed E-state index contributed by atoms with van der Waals surface area (Å²) in [4.78, 5) is 15.2. The van der Waals surface area contributed by atoms with E-state index >= 15 is 0 Å². The molecule has 0 aromatic carbocycles. The SMILES string of the molecule is CC(C)(C#N)N1CCN(CC(=O)NCC(F)(F)F)CC1. The van der Waals surface area contributed by atoms with E-state index in [4.69, 9.17) is 5.26 Å². The molecule has 1 N–H and O–H groups in total. The molecule has 0 atom stereocenters. The lowest BCUT2D eigenvalue weighted by Crippen LogP contribution is -2.55. The Kier molecular flexibility index (Phi) is 5.36. The largest absolute Gasteiger partial charge is 0.405 e. The Bertz CT molecular complexity index is 381. The Morgan fingerprint density at radius 1 is 1.25 bits per heavy atom. The van der Waals surface area contributed by atoms with Crippen LogP contribution in [0.25, 0.3) is 0 Å². The molecule has 0 unspecified atom stereocenters. The minimum absolute atomic E-state index is 0.0447. The first-order valence-corrected chi connectivity index (χ1v) is 6.36. The van der Waals surface area contributed by atoms with Crippen molar-refractivity contribution in [2.75, 3.05) is 39.3 Å². The number of nitrogens with zero attached hydrogens (tertiary/aromatic N) is 3. The first-order chi connectivity index (χ1) is 9.14. The molecule has 1 aliphatic heterocycles. The van der Waals surface area contributed by atoms with Gasteiger partial charge in [-0.05, 0) is 13.8 Å². The average molecular weight is 292 g/mol. The van der Waals surface area contributed by atoms with Gasteiger partial charge >= 0.3 is 6.18 Å². The molecule has 0 spiro atoms. The molecule has 1 saturated heterocycles. The maximum absolute atomic E-state index is 12.0. The van der Waals surface area contributed by atoms with Gasteiger partial charge in [0.15, 0.2) is 0 Å². The number of hydrogen-bond donors (Lipinski definition) is 1. The third-order valence-corrected chi connectivity index (χ3v) is 3.29. The highest BCUT2D eigenvalue weighted by atomic mass is 19.4. The van der Waals surface area contributed by atoms with Crippen LogP contribution in [-0.2, 0) is 4.79 Å². The lowest BCUT2D eigenvalue weighted by Gasteiger charge is -2.40. The van der Waals surface area contributed by atoms with E-state index in [1.165, 1.54) is 0 Å². The highest BCUT2D eigenvalue weighted by Crippen LogP contribution is 2.16. The van der Waals surface area contributed by atoms with Crippen LogP contribution in [0, 0.1) is 11.3 Å². The molecule has 1 heterocycles. The molecule has 5 nitrogen and oxygen atoms in total. The third kappa shape index (κ3) is 5.35. The first-order valence-electron chi connectivity index (χ1n) is 6.36. The predicted octanol–water partition coefficient (Wildman–Crippen LogP) is 0.585. The molecule has 8 heteroatoms. The fraction of sp³-hybridized carbons (Fsp3) is 0.833. The number of carbonyl (C=O) groups excluding carboxylic acids is 1. The quantitative estimate of drug-likeness (QED) is 0.823. The molecule has 0 aromatic rings. The highest BCUT2D eigenvalue weighted by molar-refractivity contribution is 5.78. The van der Waals surface area contributed by atoms with Crippen LogP contribution in [0.4, 0.5) is 13.2 Å². The van der Waals surface area contributed by atoms with Crippen LogP contribution in [0.2, 0.25) is 0 Å². The van der Waals surface area contributed by atoms with Crippen molar-refractivity contribution in [2.45, 2.75) is 25.6 Å². The van der Waals surface area contributed by atoms with Crippen molar-refractivity contribution in [3.63, 3.8) is 0 Å². The molecule has 0 aliphatic carbocycles. The summed E-state index contributed by atoms with van der Waals surface area (Å²) in [6.45, 7) is 4.65. The summed E-state index contributed by atoms with van der Waals surface area (Å²) in [5.41, 5.74) is -0.565. The van der Waals surface area contributed by atoms with E-state index in [1.54, 1.807) is 4.90 Å². The molecule has 114 valence electrons. The zero-order chi connectivity index (χ0) is 15.4. The zero-order valence-corrected chi connectivity index (χ0v) is 11.6. The Balaban J connectivity index is 2.33. The van der Waals surface area contributed by atoms with Gasteiger partial charge < -0.3 is 5.32 Å². The van der Waals surface area contributed by atoms with Crippen molar-refractivity contribution in [1.29, 1.82) is 5.26 Å². The van der Waals surface area contributed by atoms with Gasteiger partial charge in [0.1, 0.15) is 12.1 Å². The van der Waals surface area contributed by atoms with E-state index in [1.807, 2.05) is 24.1 Å². The van der Waals surface area contributed by atoms with E-state index in [0.717, 1.165) is 0 Å². The lowest BCUT2D eigenvalue weighted by atomic mass is 10.0. The summed E-state index contributed by atoms with van der Waals surface area (Å²) in [6.07, 6.45) is -4.38. The van der Waals surface area contributed by atoms with E-state index in [2.05, 4.69) is 6.07 Å². The molecule has 1 rings (SSSR count). The number of halogens is 3. The second-order valence-corrected chi connectivity index (χ2v) is 5.33. The number of alkyl halides is 3. The molecule has 1 fully saturated rings. The fourth-order valence-electron chi connectivity index (χ4n) is 1.99. The van der Waals surface area contributed by atoms with Crippen LogP contribution in [0.5, 0.6) is 0 Å². The van der Waals surface area contributed by atoms with Crippen molar-refractivity contribution in [1.82, 2.24) is 15.1 Å². The standard InChI is InChI=1S/C12H19F3N4O/c1-11(2,8-16)19-5-3-18(4-6-19)7-10(20)17-9-12(13,14)15/h3-7,9H2,1-2H3,(H,17,20). The first kappa shape index (κ1) is 16.7. The van der Waals surface area contributed by atoms with E-state index in [0.29, 0.717) is 26.2 Å². The highest BCUT2D eigenvalue weighted by Gasteiger charge is 2.31. The molecular weight excluding hydrogens is 273 g/mol. The summed E-state index contributed by atoms with van der Waals surface area (Å²) >= 11 is 0.